The van der Waals surface area contributed by atoms with Gasteiger partial charge < -0.3 is 8.98 Å². The van der Waals surface area contributed by atoms with Gasteiger partial charge in [0.2, 0.25) is 0 Å². The summed E-state index contributed by atoms with van der Waals surface area (Å²) in [6, 6.07) is 48.6. The maximum absolute atomic E-state index is 6.38. The number of fused-ring (bicyclic) bond motifs is 6. The zero-order chi connectivity index (χ0) is 37.0. The summed E-state index contributed by atoms with van der Waals surface area (Å²) in [6.07, 6.45) is 22.1. The van der Waals surface area contributed by atoms with Gasteiger partial charge in [0, 0.05) is 62.5 Å². The van der Waals surface area contributed by atoms with Crippen LogP contribution in [0.25, 0.3) is 71.7 Å². The lowest BCUT2D eigenvalue weighted by atomic mass is 9.83. The van der Waals surface area contributed by atoms with E-state index in [0.29, 0.717) is 5.92 Å². The SMILES string of the molecule is C1=CCCC(C2=NC(C3C=CC=CC3)=CC(c3cccc(-c4ccc5c(c4)c4ccccc4n5-c4ccc(-c5cccc6c5oc5ccccc56)cc4)c3)C2)=C1. The highest BCUT2D eigenvalue weighted by molar-refractivity contribution is 6.11. The first-order valence-corrected chi connectivity index (χ1v) is 19.9. The van der Waals surface area contributed by atoms with E-state index < -0.39 is 0 Å². The Bertz CT molecular complexity index is 3030. The Kier molecular flexibility index (Phi) is 7.91. The minimum atomic E-state index is 0.274. The largest absolute Gasteiger partial charge is 0.455 e. The molecule has 0 bridgehead atoms. The standard InChI is InChI=1S/C53H40N2O/c1-3-13-36(14-4-1)48-33-41(34-49(54-48)37-15-5-2-6-16-37)39-18-11-17-38(31-39)40-27-30-51-47(32-40)44-19-7-9-23-50(44)55(51)42-28-25-35(26-29-42)43-21-12-22-46-45-20-8-10-24-52(45)56-53(43)46/h1-5,7-13,15,17-33,36,41H,6,14,16,34H2. The first-order chi connectivity index (χ1) is 27.7. The highest BCUT2D eigenvalue weighted by atomic mass is 16.3. The van der Waals surface area contributed by atoms with Crippen molar-refractivity contribution in [3.05, 3.63) is 199 Å². The van der Waals surface area contributed by atoms with Gasteiger partial charge in [0.15, 0.2) is 0 Å². The maximum atomic E-state index is 6.38. The van der Waals surface area contributed by atoms with Gasteiger partial charge in [-0.15, -0.1) is 0 Å². The van der Waals surface area contributed by atoms with E-state index >= 15 is 0 Å². The molecule has 0 fully saturated rings. The third kappa shape index (κ3) is 5.62. The van der Waals surface area contributed by atoms with Crippen molar-refractivity contribution < 1.29 is 4.42 Å². The highest BCUT2D eigenvalue weighted by Gasteiger charge is 2.25. The molecule has 3 aliphatic rings. The van der Waals surface area contributed by atoms with Gasteiger partial charge in [-0.25, -0.2) is 0 Å². The predicted octanol–water partition coefficient (Wildman–Crippen LogP) is 14.2. The van der Waals surface area contributed by atoms with Crippen molar-refractivity contribution >= 4 is 49.5 Å². The lowest BCUT2D eigenvalue weighted by molar-refractivity contribution is 0.670. The molecular formula is C53H40N2O. The first-order valence-electron chi connectivity index (χ1n) is 19.9. The van der Waals surface area contributed by atoms with Crippen LogP contribution in [-0.2, 0) is 0 Å². The van der Waals surface area contributed by atoms with Crippen molar-refractivity contribution in [3.8, 4) is 27.9 Å². The second kappa shape index (κ2) is 13.5. The van der Waals surface area contributed by atoms with Crippen LogP contribution in [0.3, 0.4) is 0 Å². The Labute approximate surface area is 326 Å². The number of para-hydroxylation sites is 3. The van der Waals surface area contributed by atoms with Crippen molar-refractivity contribution in [3.63, 3.8) is 0 Å². The molecule has 0 spiro atoms. The molecule has 2 aliphatic carbocycles. The summed E-state index contributed by atoms with van der Waals surface area (Å²) in [5, 5.41) is 4.80. The van der Waals surface area contributed by atoms with Gasteiger partial charge in [0.25, 0.3) is 0 Å². The number of rotatable bonds is 6. The Balaban J connectivity index is 0.953. The van der Waals surface area contributed by atoms with Gasteiger partial charge in [-0.05, 0) is 83.5 Å². The van der Waals surface area contributed by atoms with Gasteiger partial charge in [0.1, 0.15) is 11.2 Å². The third-order valence-electron chi connectivity index (χ3n) is 12.0. The summed E-state index contributed by atoms with van der Waals surface area (Å²) in [7, 11) is 0. The van der Waals surface area contributed by atoms with Crippen molar-refractivity contribution in [2.45, 2.75) is 31.6 Å². The number of benzene rings is 6. The van der Waals surface area contributed by atoms with Gasteiger partial charge >= 0.3 is 0 Å². The molecule has 0 saturated carbocycles. The molecule has 11 rings (SSSR count). The lowest BCUT2D eigenvalue weighted by Crippen LogP contribution is -2.17. The number of aromatic nitrogens is 1. The Morgan fingerprint density at radius 2 is 1.41 bits per heavy atom. The fourth-order valence-electron chi connectivity index (χ4n) is 9.12. The Hall–Kier alpha value is -6.71. The predicted molar refractivity (Wildman–Crippen MR) is 235 cm³/mol. The summed E-state index contributed by atoms with van der Waals surface area (Å²) in [4.78, 5) is 5.30. The smallest absolute Gasteiger partial charge is 0.143 e. The van der Waals surface area contributed by atoms with E-state index in [1.807, 2.05) is 12.1 Å². The number of hydrogen-bond acceptors (Lipinski definition) is 2. The van der Waals surface area contributed by atoms with Gasteiger partial charge in [-0.3, -0.25) is 4.99 Å². The van der Waals surface area contributed by atoms with Gasteiger partial charge in [0.05, 0.1) is 11.0 Å². The molecule has 268 valence electrons. The molecule has 0 saturated heterocycles. The molecule has 3 heteroatoms. The molecule has 2 atom stereocenters. The lowest BCUT2D eigenvalue weighted by Gasteiger charge is -2.27. The molecule has 3 nitrogen and oxygen atoms in total. The van der Waals surface area contributed by atoms with Crippen LogP contribution in [0, 0.1) is 5.92 Å². The second-order valence-corrected chi connectivity index (χ2v) is 15.3. The molecule has 0 N–H and O–H groups in total. The highest BCUT2D eigenvalue weighted by Crippen LogP contribution is 2.40. The molecule has 2 aromatic heterocycles. The number of hydrogen-bond donors (Lipinski definition) is 0. The van der Waals surface area contributed by atoms with Crippen LogP contribution in [0.2, 0.25) is 0 Å². The molecule has 3 heterocycles. The Morgan fingerprint density at radius 1 is 0.607 bits per heavy atom. The van der Waals surface area contributed by atoms with E-state index in [9.17, 15) is 0 Å². The molecule has 0 radical (unpaired) electrons. The summed E-state index contributed by atoms with van der Waals surface area (Å²) in [5.74, 6) is 0.596. The number of aliphatic imine (C=N–C) groups is 1. The zero-order valence-corrected chi connectivity index (χ0v) is 31.1. The van der Waals surface area contributed by atoms with Crippen LogP contribution in [0.4, 0.5) is 0 Å². The maximum Gasteiger partial charge on any atom is 0.143 e. The third-order valence-corrected chi connectivity index (χ3v) is 12.0. The van der Waals surface area contributed by atoms with Crippen molar-refractivity contribution in [1.82, 2.24) is 4.57 Å². The van der Waals surface area contributed by atoms with Crippen molar-refractivity contribution in [2.75, 3.05) is 0 Å². The summed E-state index contributed by atoms with van der Waals surface area (Å²) >= 11 is 0. The van der Waals surface area contributed by atoms with Crippen molar-refractivity contribution in [2.24, 2.45) is 10.9 Å². The molecule has 2 unspecified atom stereocenters. The van der Waals surface area contributed by atoms with E-state index in [1.165, 1.54) is 55.5 Å². The molecule has 0 amide bonds. The van der Waals surface area contributed by atoms with Crippen molar-refractivity contribution in [1.29, 1.82) is 0 Å². The number of allylic oxidation sites excluding steroid dienone is 9. The Morgan fingerprint density at radius 3 is 2.29 bits per heavy atom. The fraction of sp³-hybridized carbons (Fsp3) is 0.113. The average Bonchev–Trinajstić information content (AvgIpc) is 3.83. The first kappa shape index (κ1) is 32.7. The summed E-state index contributed by atoms with van der Waals surface area (Å²) in [5.41, 5.74) is 15.3. The van der Waals surface area contributed by atoms with Gasteiger partial charge in [-0.2, -0.15) is 0 Å². The molecule has 56 heavy (non-hydrogen) atoms. The quantitative estimate of drug-likeness (QED) is 0.168. The number of furan rings is 1. The van der Waals surface area contributed by atoms with E-state index in [2.05, 4.69) is 175 Å². The van der Waals surface area contributed by atoms with E-state index in [4.69, 9.17) is 9.41 Å². The normalized spacial score (nSPS) is 18.2. The van der Waals surface area contributed by atoms with E-state index in [1.54, 1.807) is 0 Å². The van der Waals surface area contributed by atoms with Crippen LogP contribution >= 0.6 is 0 Å². The summed E-state index contributed by atoms with van der Waals surface area (Å²) < 4.78 is 8.78. The van der Waals surface area contributed by atoms with E-state index in [0.717, 1.165) is 64.4 Å². The van der Waals surface area contributed by atoms with Crippen LogP contribution < -0.4 is 0 Å². The second-order valence-electron chi connectivity index (χ2n) is 15.3. The fourth-order valence-corrected chi connectivity index (χ4v) is 9.12. The molecular weight excluding hydrogens is 681 g/mol. The van der Waals surface area contributed by atoms with E-state index in [-0.39, 0.29) is 5.92 Å². The molecule has 1 aliphatic heterocycles. The van der Waals surface area contributed by atoms with Gasteiger partial charge in [-0.1, -0.05) is 146 Å². The zero-order valence-electron chi connectivity index (χ0n) is 31.1. The number of nitrogens with zero attached hydrogens (tertiary/aromatic N) is 2. The molecule has 6 aromatic carbocycles. The van der Waals surface area contributed by atoms with Crippen LogP contribution in [0.1, 0.15) is 37.2 Å². The molecule has 8 aromatic rings. The monoisotopic (exact) mass is 720 g/mol. The topological polar surface area (TPSA) is 30.4 Å². The van der Waals surface area contributed by atoms with Crippen LogP contribution in [0.15, 0.2) is 203 Å². The van der Waals surface area contributed by atoms with Crippen LogP contribution in [-0.4, -0.2) is 10.3 Å². The summed E-state index contributed by atoms with van der Waals surface area (Å²) in [6.45, 7) is 0. The minimum Gasteiger partial charge on any atom is -0.455 e. The van der Waals surface area contributed by atoms with Crippen LogP contribution in [0.5, 0.6) is 0 Å². The minimum absolute atomic E-state index is 0.274. The average molecular weight is 721 g/mol.